The minimum Gasteiger partial charge on any atom is -0.481 e. The van der Waals surface area contributed by atoms with Gasteiger partial charge < -0.3 is 9.47 Å². The molecule has 0 aromatic carbocycles. The Morgan fingerprint density at radius 1 is 1.67 bits per heavy atom. The second-order valence-electron chi connectivity index (χ2n) is 1.95. The molecule has 0 fully saturated rings. The zero-order valence-electron chi connectivity index (χ0n) is 9.40. The number of carbonyl (C=O) groups is 1. The van der Waals surface area contributed by atoms with E-state index in [-0.39, 0.29) is 11.6 Å². The van der Waals surface area contributed by atoms with Crippen LogP contribution >= 0.6 is 0 Å². The van der Waals surface area contributed by atoms with Crippen LogP contribution in [0.3, 0.4) is 0 Å². The van der Waals surface area contributed by atoms with Crippen LogP contribution in [0.2, 0.25) is 0 Å². The smallest absolute Gasteiger partial charge is 0.356 e. The first kappa shape index (κ1) is 5.13. The van der Waals surface area contributed by atoms with Gasteiger partial charge in [0.05, 0.1) is 18.3 Å². The standard InChI is InChI=1S/C8H9NO3/c1-11-7-5-3-4-6(9-7)8(10)12-2/h3-5H,1-2H3/i1D3. The van der Waals surface area contributed by atoms with E-state index in [0.717, 1.165) is 0 Å². The topological polar surface area (TPSA) is 48.4 Å². The van der Waals surface area contributed by atoms with E-state index in [2.05, 4.69) is 14.5 Å². The minimum absolute atomic E-state index is 0.000694. The Hall–Kier alpha value is -1.58. The number of hydrogen-bond acceptors (Lipinski definition) is 4. The first-order valence-electron chi connectivity index (χ1n) is 4.67. The first-order valence-corrected chi connectivity index (χ1v) is 3.17. The third-order valence-corrected chi connectivity index (χ3v) is 1.22. The van der Waals surface area contributed by atoms with Crippen molar-refractivity contribution in [3.63, 3.8) is 0 Å². The molecule has 0 atom stereocenters. The van der Waals surface area contributed by atoms with Crippen molar-refractivity contribution in [1.29, 1.82) is 0 Å². The highest BCUT2D eigenvalue weighted by Gasteiger charge is 2.06. The fraction of sp³-hybridized carbons (Fsp3) is 0.250. The van der Waals surface area contributed by atoms with Crippen LogP contribution in [0.15, 0.2) is 18.2 Å². The highest BCUT2D eigenvalue weighted by atomic mass is 16.5. The molecule has 64 valence electrons. The number of methoxy groups -OCH3 is 2. The molecule has 0 aliphatic heterocycles. The Morgan fingerprint density at radius 3 is 3.17 bits per heavy atom. The molecule has 0 N–H and O–H groups in total. The van der Waals surface area contributed by atoms with Gasteiger partial charge in [-0.2, -0.15) is 0 Å². The summed E-state index contributed by atoms with van der Waals surface area (Å²) >= 11 is 0. The minimum atomic E-state index is -2.58. The van der Waals surface area contributed by atoms with E-state index < -0.39 is 13.0 Å². The highest BCUT2D eigenvalue weighted by molar-refractivity contribution is 5.87. The lowest BCUT2D eigenvalue weighted by Gasteiger charge is -2.00. The summed E-state index contributed by atoms with van der Waals surface area (Å²) in [5.41, 5.74) is -0.000694. The van der Waals surface area contributed by atoms with Gasteiger partial charge in [-0.05, 0) is 6.07 Å². The molecule has 12 heavy (non-hydrogen) atoms. The van der Waals surface area contributed by atoms with E-state index in [1.165, 1.54) is 25.3 Å². The third kappa shape index (κ3) is 1.72. The molecule has 0 saturated carbocycles. The van der Waals surface area contributed by atoms with Crippen LogP contribution in [-0.4, -0.2) is 25.1 Å². The van der Waals surface area contributed by atoms with Crippen LogP contribution in [0, 0.1) is 0 Å². The summed E-state index contributed by atoms with van der Waals surface area (Å²) in [5, 5.41) is 0. The fourth-order valence-electron chi connectivity index (χ4n) is 0.690. The molecule has 1 aromatic rings. The van der Waals surface area contributed by atoms with Gasteiger partial charge in [0.1, 0.15) is 0 Å². The Balaban J connectivity index is 2.88. The van der Waals surface area contributed by atoms with Gasteiger partial charge in [-0.25, -0.2) is 9.78 Å². The largest absolute Gasteiger partial charge is 0.481 e. The van der Waals surface area contributed by atoms with Gasteiger partial charge in [-0.15, -0.1) is 0 Å². The average Bonchev–Trinajstić information content (AvgIpc) is 2.14. The maximum absolute atomic E-state index is 11.1. The van der Waals surface area contributed by atoms with E-state index in [9.17, 15) is 4.79 Å². The molecule has 0 spiro atoms. The quantitative estimate of drug-likeness (QED) is 0.618. The maximum Gasteiger partial charge on any atom is 0.356 e. The Morgan fingerprint density at radius 2 is 2.50 bits per heavy atom. The molecular formula is C8H9NO3. The number of ether oxygens (including phenoxy) is 2. The lowest BCUT2D eigenvalue weighted by molar-refractivity contribution is 0.0593. The zero-order chi connectivity index (χ0) is 11.5. The average molecular weight is 170 g/mol. The summed E-state index contributed by atoms with van der Waals surface area (Å²) in [6.45, 7) is 0. The molecule has 0 aliphatic rings. The number of aromatic nitrogens is 1. The van der Waals surface area contributed by atoms with Crippen molar-refractivity contribution < 1.29 is 18.4 Å². The number of rotatable bonds is 2. The summed E-state index contributed by atoms with van der Waals surface area (Å²) in [6, 6.07) is 4.21. The van der Waals surface area contributed by atoms with Crippen molar-refractivity contribution in [2.75, 3.05) is 14.1 Å². The number of nitrogens with zero attached hydrogens (tertiary/aromatic N) is 1. The van der Waals surface area contributed by atoms with Gasteiger partial charge in [0.2, 0.25) is 5.88 Å². The zero-order valence-corrected chi connectivity index (χ0v) is 6.40. The molecule has 0 saturated heterocycles. The molecule has 4 nitrogen and oxygen atoms in total. The molecule has 0 unspecified atom stereocenters. The summed E-state index contributed by atoms with van der Waals surface area (Å²) in [7, 11) is -1.37. The third-order valence-electron chi connectivity index (χ3n) is 1.22. The van der Waals surface area contributed by atoms with Gasteiger partial charge >= 0.3 is 5.97 Å². The molecule has 1 heterocycles. The number of pyridine rings is 1. The molecule has 0 amide bonds. The monoisotopic (exact) mass is 170 g/mol. The predicted molar refractivity (Wildman–Crippen MR) is 42.1 cm³/mol. The fourth-order valence-corrected chi connectivity index (χ4v) is 0.690. The molecule has 0 aliphatic carbocycles. The van der Waals surface area contributed by atoms with Crippen LogP contribution in [-0.2, 0) is 4.74 Å². The molecular weight excluding hydrogens is 158 g/mol. The van der Waals surface area contributed by atoms with Crippen molar-refractivity contribution in [1.82, 2.24) is 4.98 Å². The van der Waals surface area contributed by atoms with E-state index in [4.69, 9.17) is 4.11 Å². The second-order valence-corrected chi connectivity index (χ2v) is 1.95. The van der Waals surface area contributed by atoms with Gasteiger partial charge in [-0.3, -0.25) is 0 Å². The Bertz CT molecular complexity index is 364. The van der Waals surface area contributed by atoms with E-state index in [0.29, 0.717) is 0 Å². The Kier molecular flexibility index (Phi) is 1.59. The normalized spacial score (nSPS) is 13.9. The van der Waals surface area contributed by atoms with Crippen LogP contribution in [0.4, 0.5) is 0 Å². The summed E-state index contributed by atoms with van der Waals surface area (Å²) in [4.78, 5) is 14.7. The lowest BCUT2D eigenvalue weighted by atomic mass is 10.3. The first-order chi connectivity index (χ1) is 6.92. The summed E-state index contributed by atoms with van der Waals surface area (Å²) < 4.78 is 29.5. The highest BCUT2D eigenvalue weighted by Crippen LogP contribution is 2.06. The molecule has 0 radical (unpaired) electrons. The number of esters is 1. The van der Waals surface area contributed by atoms with Crippen LogP contribution < -0.4 is 4.74 Å². The second kappa shape index (κ2) is 3.71. The number of carbonyl (C=O) groups excluding carboxylic acids is 1. The van der Waals surface area contributed by atoms with Crippen LogP contribution in [0.5, 0.6) is 5.88 Å². The maximum atomic E-state index is 11.1. The van der Waals surface area contributed by atoms with Crippen molar-refractivity contribution in [3.8, 4) is 5.88 Å². The van der Waals surface area contributed by atoms with Gasteiger partial charge in [0.15, 0.2) is 5.69 Å². The van der Waals surface area contributed by atoms with Crippen molar-refractivity contribution >= 4 is 5.97 Å². The molecule has 1 rings (SSSR count). The van der Waals surface area contributed by atoms with Crippen LogP contribution in [0.1, 0.15) is 14.6 Å². The molecule has 4 heteroatoms. The van der Waals surface area contributed by atoms with Gasteiger partial charge in [0, 0.05) is 6.07 Å². The van der Waals surface area contributed by atoms with Crippen molar-refractivity contribution in [2.45, 2.75) is 0 Å². The van der Waals surface area contributed by atoms with E-state index in [1.807, 2.05) is 0 Å². The lowest BCUT2D eigenvalue weighted by Crippen LogP contribution is -2.04. The SMILES string of the molecule is [2H]C([2H])([2H])Oc1cccc(C(=O)OC)n1. The van der Waals surface area contributed by atoms with Crippen LogP contribution in [0.25, 0.3) is 0 Å². The van der Waals surface area contributed by atoms with E-state index >= 15 is 0 Å². The van der Waals surface area contributed by atoms with Gasteiger partial charge in [0.25, 0.3) is 0 Å². The molecule has 0 bridgehead atoms. The van der Waals surface area contributed by atoms with Crippen molar-refractivity contribution in [3.05, 3.63) is 23.9 Å². The number of hydrogen-bond donors (Lipinski definition) is 0. The summed E-state index contributed by atoms with van der Waals surface area (Å²) in [5.74, 6) is -0.788. The predicted octanol–water partition coefficient (Wildman–Crippen LogP) is 0.877. The molecule has 1 aromatic heterocycles. The Labute approximate surface area is 74.3 Å². The van der Waals surface area contributed by atoms with Gasteiger partial charge in [-0.1, -0.05) is 6.07 Å². The van der Waals surface area contributed by atoms with Crippen molar-refractivity contribution in [2.24, 2.45) is 0 Å². The summed E-state index contributed by atoms with van der Waals surface area (Å²) in [6.07, 6.45) is 0. The van der Waals surface area contributed by atoms with E-state index in [1.54, 1.807) is 0 Å².